The van der Waals surface area contributed by atoms with Crippen LogP contribution in [0.25, 0.3) is 0 Å². The third kappa shape index (κ3) is 4.10. The molecular weight excluding hydrogens is 310 g/mol. The topological polar surface area (TPSA) is 66.0 Å². The molecule has 24 heavy (non-hydrogen) atoms. The molecule has 0 aromatic heterocycles. The van der Waals surface area contributed by atoms with Crippen LogP contribution in [0, 0.1) is 0 Å². The van der Waals surface area contributed by atoms with E-state index >= 15 is 0 Å². The zero-order chi connectivity index (χ0) is 17.5. The van der Waals surface area contributed by atoms with Crippen molar-refractivity contribution in [1.82, 2.24) is 0 Å². The molecule has 2 aromatic carbocycles. The van der Waals surface area contributed by atoms with Crippen molar-refractivity contribution >= 4 is 11.6 Å². The number of hydrogen-bond donors (Lipinski definition) is 1. The van der Waals surface area contributed by atoms with Gasteiger partial charge in [0.15, 0.2) is 11.5 Å². The highest BCUT2D eigenvalue weighted by Crippen LogP contribution is 2.38. The predicted molar refractivity (Wildman–Crippen MR) is 91.4 cm³/mol. The van der Waals surface area contributed by atoms with Crippen molar-refractivity contribution in [3.05, 3.63) is 42.0 Å². The second kappa shape index (κ2) is 8.10. The van der Waals surface area contributed by atoms with E-state index in [9.17, 15) is 4.79 Å². The molecule has 0 aliphatic carbocycles. The second-order valence-corrected chi connectivity index (χ2v) is 4.99. The standard InChI is InChI=1S/C18H21NO5/c1-21-14-7-5-13(6-8-14)19-17(20)11-12-9-15(22-2)18(24-4)16(10-12)23-3/h5-10H,11H2,1-4H3,(H,19,20). The highest BCUT2D eigenvalue weighted by Gasteiger charge is 2.15. The molecule has 0 heterocycles. The molecule has 1 N–H and O–H groups in total. The number of ether oxygens (including phenoxy) is 4. The van der Waals surface area contributed by atoms with E-state index < -0.39 is 0 Å². The molecule has 0 saturated heterocycles. The minimum absolute atomic E-state index is 0.144. The summed E-state index contributed by atoms with van der Waals surface area (Å²) in [4.78, 5) is 12.2. The van der Waals surface area contributed by atoms with Crippen LogP contribution < -0.4 is 24.3 Å². The smallest absolute Gasteiger partial charge is 0.228 e. The molecular formula is C18H21NO5. The first-order valence-corrected chi connectivity index (χ1v) is 7.34. The van der Waals surface area contributed by atoms with Gasteiger partial charge in [-0.25, -0.2) is 0 Å². The van der Waals surface area contributed by atoms with Crippen molar-refractivity contribution in [1.29, 1.82) is 0 Å². The molecule has 0 spiro atoms. The number of anilines is 1. The van der Waals surface area contributed by atoms with Crippen molar-refractivity contribution in [3.63, 3.8) is 0 Å². The molecule has 0 radical (unpaired) electrons. The maximum absolute atomic E-state index is 12.2. The Morgan fingerprint density at radius 3 is 1.92 bits per heavy atom. The van der Waals surface area contributed by atoms with Crippen LogP contribution in [0.2, 0.25) is 0 Å². The largest absolute Gasteiger partial charge is 0.497 e. The van der Waals surface area contributed by atoms with E-state index in [0.717, 1.165) is 11.3 Å². The van der Waals surface area contributed by atoms with Crippen molar-refractivity contribution in [2.24, 2.45) is 0 Å². The SMILES string of the molecule is COc1ccc(NC(=O)Cc2cc(OC)c(OC)c(OC)c2)cc1. The summed E-state index contributed by atoms with van der Waals surface area (Å²) >= 11 is 0. The van der Waals surface area contributed by atoms with Crippen LogP contribution in [0.3, 0.4) is 0 Å². The molecule has 0 saturated carbocycles. The van der Waals surface area contributed by atoms with E-state index in [2.05, 4.69) is 5.32 Å². The number of hydrogen-bond acceptors (Lipinski definition) is 5. The Morgan fingerprint density at radius 2 is 1.46 bits per heavy atom. The zero-order valence-corrected chi connectivity index (χ0v) is 14.2. The molecule has 0 fully saturated rings. The van der Waals surface area contributed by atoms with Gasteiger partial charge in [0.25, 0.3) is 0 Å². The van der Waals surface area contributed by atoms with Gasteiger partial charge in [0, 0.05) is 5.69 Å². The van der Waals surface area contributed by atoms with Gasteiger partial charge < -0.3 is 24.3 Å². The van der Waals surface area contributed by atoms with E-state index in [1.165, 1.54) is 7.11 Å². The third-order valence-corrected chi connectivity index (χ3v) is 3.46. The fraction of sp³-hybridized carbons (Fsp3) is 0.278. The molecule has 0 atom stereocenters. The highest BCUT2D eigenvalue weighted by molar-refractivity contribution is 5.92. The minimum Gasteiger partial charge on any atom is -0.497 e. The summed E-state index contributed by atoms with van der Waals surface area (Å²) in [5, 5.41) is 2.84. The highest BCUT2D eigenvalue weighted by atomic mass is 16.5. The van der Waals surface area contributed by atoms with E-state index in [4.69, 9.17) is 18.9 Å². The monoisotopic (exact) mass is 331 g/mol. The fourth-order valence-corrected chi connectivity index (χ4v) is 2.30. The Morgan fingerprint density at radius 1 is 0.875 bits per heavy atom. The number of methoxy groups -OCH3 is 4. The summed E-state index contributed by atoms with van der Waals surface area (Å²) in [6.45, 7) is 0. The van der Waals surface area contributed by atoms with Gasteiger partial charge in [-0.3, -0.25) is 4.79 Å². The predicted octanol–water partition coefficient (Wildman–Crippen LogP) is 2.90. The fourth-order valence-electron chi connectivity index (χ4n) is 2.30. The van der Waals surface area contributed by atoms with Gasteiger partial charge in [-0.05, 0) is 42.0 Å². The van der Waals surface area contributed by atoms with Crippen LogP contribution in [0.4, 0.5) is 5.69 Å². The van der Waals surface area contributed by atoms with Gasteiger partial charge in [0.1, 0.15) is 5.75 Å². The van der Waals surface area contributed by atoms with E-state index in [0.29, 0.717) is 22.9 Å². The van der Waals surface area contributed by atoms with Crippen LogP contribution >= 0.6 is 0 Å². The van der Waals surface area contributed by atoms with Gasteiger partial charge >= 0.3 is 0 Å². The molecule has 6 heteroatoms. The molecule has 0 aliphatic heterocycles. The number of amides is 1. The van der Waals surface area contributed by atoms with Gasteiger partial charge in [-0.1, -0.05) is 0 Å². The Kier molecular flexibility index (Phi) is 5.89. The molecule has 2 aromatic rings. The van der Waals surface area contributed by atoms with E-state index in [1.807, 2.05) is 0 Å². The minimum atomic E-state index is -0.144. The van der Waals surface area contributed by atoms with Crippen LogP contribution in [0.5, 0.6) is 23.0 Å². The van der Waals surface area contributed by atoms with Gasteiger partial charge in [-0.2, -0.15) is 0 Å². The average Bonchev–Trinajstić information content (AvgIpc) is 2.61. The first kappa shape index (κ1) is 17.5. The second-order valence-electron chi connectivity index (χ2n) is 4.99. The first-order chi connectivity index (χ1) is 11.6. The number of carbonyl (C=O) groups is 1. The van der Waals surface area contributed by atoms with Gasteiger partial charge in [-0.15, -0.1) is 0 Å². The lowest BCUT2D eigenvalue weighted by molar-refractivity contribution is -0.115. The Labute approximate surface area is 141 Å². The van der Waals surface area contributed by atoms with Crippen LogP contribution in [-0.4, -0.2) is 34.3 Å². The van der Waals surface area contributed by atoms with Crippen LogP contribution in [0.15, 0.2) is 36.4 Å². The molecule has 6 nitrogen and oxygen atoms in total. The van der Waals surface area contributed by atoms with Crippen molar-refractivity contribution in [2.75, 3.05) is 33.8 Å². The molecule has 0 aliphatic rings. The normalized spacial score (nSPS) is 10.0. The summed E-state index contributed by atoms with van der Waals surface area (Å²) in [7, 11) is 6.21. The lowest BCUT2D eigenvalue weighted by Gasteiger charge is -2.14. The van der Waals surface area contributed by atoms with E-state index in [-0.39, 0.29) is 12.3 Å². The third-order valence-electron chi connectivity index (χ3n) is 3.46. The molecule has 0 unspecified atom stereocenters. The maximum Gasteiger partial charge on any atom is 0.228 e. The molecule has 2 rings (SSSR count). The Bertz CT molecular complexity index is 672. The van der Waals surface area contributed by atoms with Crippen molar-refractivity contribution in [2.45, 2.75) is 6.42 Å². The summed E-state index contributed by atoms with van der Waals surface area (Å²) < 4.78 is 21.0. The lowest BCUT2D eigenvalue weighted by Crippen LogP contribution is -2.14. The number of benzene rings is 2. The zero-order valence-electron chi connectivity index (χ0n) is 14.2. The number of rotatable bonds is 7. The molecule has 0 bridgehead atoms. The summed E-state index contributed by atoms with van der Waals surface area (Å²) in [6.07, 6.45) is 0.183. The Hall–Kier alpha value is -2.89. The van der Waals surface area contributed by atoms with Gasteiger partial charge in [0.05, 0.1) is 34.9 Å². The average molecular weight is 331 g/mol. The quantitative estimate of drug-likeness (QED) is 0.845. The summed E-state index contributed by atoms with van der Waals surface area (Å²) in [6, 6.07) is 10.7. The van der Waals surface area contributed by atoms with Crippen LogP contribution in [0.1, 0.15) is 5.56 Å². The van der Waals surface area contributed by atoms with Crippen molar-refractivity contribution in [3.8, 4) is 23.0 Å². The molecule has 1 amide bonds. The molecule has 128 valence electrons. The van der Waals surface area contributed by atoms with Gasteiger partial charge in [0.2, 0.25) is 11.7 Å². The van der Waals surface area contributed by atoms with Crippen LogP contribution in [-0.2, 0) is 11.2 Å². The summed E-state index contributed by atoms with van der Waals surface area (Å²) in [5.41, 5.74) is 1.46. The van der Waals surface area contributed by atoms with E-state index in [1.54, 1.807) is 57.7 Å². The number of carbonyl (C=O) groups excluding carboxylic acids is 1. The Balaban J connectivity index is 2.12. The number of nitrogens with one attached hydrogen (secondary N) is 1. The van der Waals surface area contributed by atoms with Crippen molar-refractivity contribution < 1.29 is 23.7 Å². The summed E-state index contributed by atoms with van der Waals surface area (Å²) in [5.74, 6) is 2.12. The maximum atomic E-state index is 12.2. The first-order valence-electron chi connectivity index (χ1n) is 7.34. The lowest BCUT2D eigenvalue weighted by atomic mass is 10.1.